The van der Waals surface area contributed by atoms with Crippen LogP contribution in [0.3, 0.4) is 0 Å². The second-order valence-corrected chi connectivity index (χ2v) is 3.46. The highest BCUT2D eigenvalue weighted by atomic mass is 15.0. The highest BCUT2D eigenvalue weighted by molar-refractivity contribution is 5.64. The summed E-state index contributed by atoms with van der Waals surface area (Å²) in [6.45, 7) is 4.08. The third kappa shape index (κ3) is 1.73. The quantitative estimate of drug-likeness (QED) is 0.805. The topological polar surface area (TPSA) is 54.5 Å². The van der Waals surface area contributed by atoms with Crippen molar-refractivity contribution >= 4 is 11.3 Å². The minimum atomic E-state index is 0.711. The van der Waals surface area contributed by atoms with E-state index in [1.165, 1.54) is 6.42 Å². The number of imidazole rings is 1. The van der Waals surface area contributed by atoms with Crippen molar-refractivity contribution in [2.75, 3.05) is 0 Å². The number of aryl methyl sites for hydroxylation is 2. The van der Waals surface area contributed by atoms with Crippen molar-refractivity contribution in [2.24, 2.45) is 0 Å². The minimum absolute atomic E-state index is 0.711. The molecule has 0 spiro atoms. The van der Waals surface area contributed by atoms with E-state index in [0.717, 1.165) is 30.0 Å². The van der Waals surface area contributed by atoms with Crippen LogP contribution in [0.15, 0.2) is 6.20 Å². The summed E-state index contributed by atoms with van der Waals surface area (Å²) in [5, 5.41) is 0. The van der Waals surface area contributed by atoms with Crippen LogP contribution in [-0.2, 0) is 6.42 Å². The van der Waals surface area contributed by atoms with Gasteiger partial charge in [-0.3, -0.25) is 0 Å². The number of rotatable bonds is 3. The largest absolute Gasteiger partial charge is 0.325 e. The molecule has 0 aliphatic rings. The Morgan fingerprint density at radius 2 is 2.21 bits per heavy atom. The van der Waals surface area contributed by atoms with Gasteiger partial charge in [-0.25, -0.2) is 15.0 Å². The average Bonchev–Trinajstić information content (AvgIpc) is 2.54. The van der Waals surface area contributed by atoms with Crippen LogP contribution in [0.5, 0.6) is 0 Å². The molecule has 0 atom stereocenters. The van der Waals surface area contributed by atoms with Crippen molar-refractivity contribution < 1.29 is 0 Å². The molecule has 0 saturated heterocycles. The normalized spacial score (nSPS) is 11.0. The molecule has 0 unspecified atom stereocenters. The molecule has 2 aromatic rings. The van der Waals surface area contributed by atoms with E-state index in [4.69, 9.17) is 0 Å². The van der Waals surface area contributed by atoms with Gasteiger partial charge in [-0.2, -0.15) is 0 Å². The Bertz CT molecular complexity index is 433. The standard InChI is InChI=1S/C10H14N4/c1-3-4-5-8-6-11-9-10(14-8)13-7(2)12-9/h6H,3-5H2,1-2H3,(H,11,12,13,14). The lowest BCUT2D eigenvalue weighted by Gasteiger charge is -1.96. The van der Waals surface area contributed by atoms with Crippen LogP contribution in [0, 0.1) is 6.92 Å². The Hall–Kier alpha value is -1.45. The molecule has 2 aromatic heterocycles. The Labute approximate surface area is 82.8 Å². The smallest absolute Gasteiger partial charge is 0.197 e. The SMILES string of the molecule is CCCCc1cnc2nc(C)[nH]c2n1. The van der Waals surface area contributed by atoms with Gasteiger partial charge in [-0.15, -0.1) is 0 Å². The van der Waals surface area contributed by atoms with E-state index in [1.807, 2.05) is 13.1 Å². The Morgan fingerprint density at radius 3 is 3.00 bits per heavy atom. The van der Waals surface area contributed by atoms with Gasteiger partial charge in [0.1, 0.15) is 5.82 Å². The third-order valence-electron chi connectivity index (χ3n) is 2.16. The number of aromatic nitrogens is 4. The van der Waals surface area contributed by atoms with Gasteiger partial charge in [0.05, 0.1) is 11.9 Å². The number of unbranched alkanes of at least 4 members (excludes halogenated alkanes) is 1. The predicted octanol–water partition coefficient (Wildman–Crippen LogP) is 2.00. The summed E-state index contributed by atoms with van der Waals surface area (Å²) in [4.78, 5) is 16.0. The van der Waals surface area contributed by atoms with Crippen molar-refractivity contribution in [1.82, 2.24) is 19.9 Å². The van der Waals surface area contributed by atoms with E-state index in [0.29, 0.717) is 5.65 Å². The number of nitrogens with one attached hydrogen (secondary N) is 1. The maximum Gasteiger partial charge on any atom is 0.197 e. The fourth-order valence-corrected chi connectivity index (χ4v) is 1.42. The van der Waals surface area contributed by atoms with Crippen molar-refractivity contribution in [3.05, 3.63) is 17.7 Å². The maximum atomic E-state index is 4.45. The summed E-state index contributed by atoms with van der Waals surface area (Å²) >= 11 is 0. The summed E-state index contributed by atoms with van der Waals surface area (Å²) in [6.07, 6.45) is 5.16. The minimum Gasteiger partial charge on any atom is -0.325 e. The van der Waals surface area contributed by atoms with Gasteiger partial charge < -0.3 is 4.98 Å². The highest BCUT2D eigenvalue weighted by Gasteiger charge is 2.03. The number of H-pyrrole nitrogens is 1. The van der Waals surface area contributed by atoms with Crippen LogP contribution in [0.1, 0.15) is 31.3 Å². The van der Waals surface area contributed by atoms with Crippen LogP contribution in [-0.4, -0.2) is 19.9 Å². The number of fused-ring (bicyclic) bond motifs is 1. The second-order valence-electron chi connectivity index (χ2n) is 3.46. The first-order valence-electron chi connectivity index (χ1n) is 4.98. The van der Waals surface area contributed by atoms with Gasteiger partial charge in [0, 0.05) is 0 Å². The molecular weight excluding hydrogens is 176 g/mol. The molecule has 0 aromatic carbocycles. The summed E-state index contributed by atoms with van der Waals surface area (Å²) < 4.78 is 0. The maximum absolute atomic E-state index is 4.45. The molecule has 2 heterocycles. The van der Waals surface area contributed by atoms with Gasteiger partial charge in [0.2, 0.25) is 0 Å². The van der Waals surface area contributed by atoms with Gasteiger partial charge in [0.15, 0.2) is 11.3 Å². The zero-order chi connectivity index (χ0) is 9.97. The van der Waals surface area contributed by atoms with E-state index < -0.39 is 0 Å². The molecule has 0 saturated carbocycles. The Balaban J connectivity index is 2.31. The summed E-state index contributed by atoms with van der Waals surface area (Å²) in [5.74, 6) is 0.868. The van der Waals surface area contributed by atoms with Gasteiger partial charge in [-0.1, -0.05) is 13.3 Å². The molecule has 0 amide bonds. The molecule has 14 heavy (non-hydrogen) atoms. The lowest BCUT2D eigenvalue weighted by molar-refractivity contribution is 0.775. The van der Waals surface area contributed by atoms with Crippen LogP contribution in [0.4, 0.5) is 0 Å². The number of aromatic amines is 1. The number of hydrogen-bond acceptors (Lipinski definition) is 3. The fraction of sp³-hybridized carbons (Fsp3) is 0.500. The molecule has 4 heteroatoms. The van der Waals surface area contributed by atoms with E-state index in [2.05, 4.69) is 26.9 Å². The molecule has 0 radical (unpaired) electrons. The Morgan fingerprint density at radius 1 is 1.36 bits per heavy atom. The fourth-order valence-electron chi connectivity index (χ4n) is 1.42. The van der Waals surface area contributed by atoms with Crippen LogP contribution < -0.4 is 0 Å². The van der Waals surface area contributed by atoms with Crippen LogP contribution in [0.25, 0.3) is 11.3 Å². The van der Waals surface area contributed by atoms with Gasteiger partial charge in [-0.05, 0) is 19.8 Å². The van der Waals surface area contributed by atoms with Crippen molar-refractivity contribution in [3.8, 4) is 0 Å². The van der Waals surface area contributed by atoms with E-state index in [9.17, 15) is 0 Å². The number of nitrogens with zero attached hydrogens (tertiary/aromatic N) is 3. The van der Waals surface area contributed by atoms with Crippen molar-refractivity contribution in [2.45, 2.75) is 33.1 Å². The monoisotopic (exact) mass is 190 g/mol. The van der Waals surface area contributed by atoms with E-state index in [-0.39, 0.29) is 0 Å². The summed E-state index contributed by atoms with van der Waals surface area (Å²) in [7, 11) is 0. The predicted molar refractivity (Wildman–Crippen MR) is 55.0 cm³/mol. The first kappa shape index (κ1) is 9.12. The zero-order valence-corrected chi connectivity index (χ0v) is 8.54. The lowest BCUT2D eigenvalue weighted by Crippen LogP contribution is -1.92. The first-order chi connectivity index (χ1) is 6.79. The summed E-state index contributed by atoms with van der Waals surface area (Å²) in [5.41, 5.74) is 2.56. The van der Waals surface area contributed by atoms with Gasteiger partial charge in [0.25, 0.3) is 0 Å². The molecular formula is C10H14N4. The average molecular weight is 190 g/mol. The summed E-state index contributed by atoms with van der Waals surface area (Å²) in [6, 6.07) is 0. The molecule has 4 nitrogen and oxygen atoms in total. The molecule has 0 bridgehead atoms. The van der Waals surface area contributed by atoms with Crippen molar-refractivity contribution in [1.29, 1.82) is 0 Å². The second kappa shape index (κ2) is 3.74. The van der Waals surface area contributed by atoms with Crippen LogP contribution >= 0.6 is 0 Å². The van der Waals surface area contributed by atoms with Crippen LogP contribution in [0.2, 0.25) is 0 Å². The van der Waals surface area contributed by atoms with Crippen molar-refractivity contribution in [3.63, 3.8) is 0 Å². The molecule has 0 aliphatic carbocycles. The molecule has 74 valence electrons. The zero-order valence-electron chi connectivity index (χ0n) is 8.54. The highest BCUT2D eigenvalue weighted by Crippen LogP contribution is 2.07. The molecule has 0 fully saturated rings. The lowest BCUT2D eigenvalue weighted by atomic mass is 10.2. The van der Waals surface area contributed by atoms with Gasteiger partial charge >= 0.3 is 0 Å². The van der Waals surface area contributed by atoms with E-state index >= 15 is 0 Å². The third-order valence-corrected chi connectivity index (χ3v) is 2.16. The van der Waals surface area contributed by atoms with E-state index in [1.54, 1.807) is 0 Å². The Kier molecular flexibility index (Phi) is 2.43. The molecule has 2 rings (SSSR count). The number of hydrogen-bond donors (Lipinski definition) is 1. The molecule has 1 N–H and O–H groups in total. The molecule has 0 aliphatic heterocycles. The first-order valence-corrected chi connectivity index (χ1v) is 4.98.